The summed E-state index contributed by atoms with van der Waals surface area (Å²) >= 11 is 5.79. The summed E-state index contributed by atoms with van der Waals surface area (Å²) in [6.07, 6.45) is 2.05. The second-order valence-electron chi connectivity index (χ2n) is 8.80. The van der Waals surface area contributed by atoms with Crippen LogP contribution in [0.25, 0.3) is 0 Å². The van der Waals surface area contributed by atoms with Crippen LogP contribution in [0.3, 0.4) is 0 Å². The van der Waals surface area contributed by atoms with Crippen molar-refractivity contribution in [3.8, 4) is 0 Å². The zero-order valence-corrected chi connectivity index (χ0v) is 20.4. The molecule has 4 rings (SSSR count). The van der Waals surface area contributed by atoms with Crippen molar-refractivity contribution in [2.75, 3.05) is 25.0 Å². The number of sulfonamides is 1. The van der Waals surface area contributed by atoms with Gasteiger partial charge in [0.15, 0.2) is 0 Å². The average Bonchev–Trinajstić information content (AvgIpc) is 3.31. The molecule has 10 heteroatoms. The van der Waals surface area contributed by atoms with Crippen LogP contribution in [0, 0.1) is 18.7 Å². The number of aryl methyl sites for hydroxylation is 1. The molecule has 2 aromatic carbocycles. The molecule has 1 N–H and O–H groups in total. The maximum absolute atomic E-state index is 13.4. The fourth-order valence-electron chi connectivity index (χ4n) is 4.54. The van der Waals surface area contributed by atoms with Crippen molar-refractivity contribution in [3.05, 3.63) is 58.9 Å². The lowest BCUT2D eigenvalue weighted by Gasteiger charge is -2.34. The molecule has 0 bridgehead atoms. The van der Waals surface area contributed by atoms with Gasteiger partial charge in [-0.2, -0.15) is 4.31 Å². The minimum atomic E-state index is -3.61. The molecule has 182 valence electrons. The summed E-state index contributed by atoms with van der Waals surface area (Å²) in [4.78, 5) is 27.9. The summed E-state index contributed by atoms with van der Waals surface area (Å²) in [6, 6.07) is 10.0. The van der Waals surface area contributed by atoms with Crippen LogP contribution in [0.5, 0.6) is 0 Å². The zero-order chi connectivity index (χ0) is 24.5. The third-order valence-electron chi connectivity index (χ3n) is 6.49. The number of rotatable bonds is 5. The van der Waals surface area contributed by atoms with Gasteiger partial charge < -0.3 is 10.2 Å². The molecule has 0 radical (unpaired) electrons. The molecule has 34 heavy (non-hydrogen) atoms. The molecule has 2 saturated heterocycles. The Bertz CT molecular complexity index is 1180. The van der Waals surface area contributed by atoms with E-state index in [0.717, 1.165) is 5.56 Å². The predicted molar refractivity (Wildman–Crippen MR) is 127 cm³/mol. The number of amides is 2. The highest BCUT2D eigenvalue weighted by atomic mass is 35.5. The molecule has 0 spiro atoms. The Kier molecular flexibility index (Phi) is 7.25. The summed E-state index contributed by atoms with van der Waals surface area (Å²) in [6.45, 7) is 2.88. The van der Waals surface area contributed by atoms with E-state index in [9.17, 15) is 22.4 Å². The van der Waals surface area contributed by atoms with Crippen molar-refractivity contribution < 1.29 is 22.4 Å². The van der Waals surface area contributed by atoms with Gasteiger partial charge in [0.2, 0.25) is 21.8 Å². The van der Waals surface area contributed by atoms with Gasteiger partial charge in [-0.05, 0) is 62.9 Å². The lowest BCUT2D eigenvalue weighted by Crippen LogP contribution is -2.48. The van der Waals surface area contributed by atoms with Gasteiger partial charge in [0.1, 0.15) is 11.9 Å². The van der Waals surface area contributed by atoms with Crippen molar-refractivity contribution in [2.24, 2.45) is 5.92 Å². The number of hydrogen-bond acceptors (Lipinski definition) is 4. The number of nitrogens with zero attached hydrogens (tertiary/aromatic N) is 2. The highest BCUT2D eigenvalue weighted by Gasteiger charge is 2.39. The number of carbonyl (C=O) groups excluding carboxylic acids is 2. The second-order valence-corrected chi connectivity index (χ2v) is 11.1. The van der Waals surface area contributed by atoms with E-state index in [4.69, 9.17) is 11.6 Å². The van der Waals surface area contributed by atoms with Crippen LogP contribution in [-0.4, -0.2) is 55.1 Å². The first-order valence-electron chi connectivity index (χ1n) is 11.3. The Morgan fingerprint density at radius 2 is 1.71 bits per heavy atom. The predicted octanol–water partition coefficient (Wildman–Crippen LogP) is 3.82. The number of hydrogen-bond donors (Lipinski definition) is 1. The Morgan fingerprint density at radius 1 is 1.03 bits per heavy atom. The zero-order valence-electron chi connectivity index (χ0n) is 18.8. The number of nitrogens with one attached hydrogen (secondary N) is 1. The Balaban J connectivity index is 1.37. The molecule has 2 aromatic rings. The first-order chi connectivity index (χ1) is 16.2. The largest absolute Gasteiger partial charge is 0.330 e. The summed E-state index contributed by atoms with van der Waals surface area (Å²) in [7, 11) is -3.61. The Morgan fingerprint density at radius 3 is 2.35 bits per heavy atom. The highest BCUT2D eigenvalue weighted by Crippen LogP contribution is 2.29. The van der Waals surface area contributed by atoms with Gasteiger partial charge in [-0.3, -0.25) is 9.59 Å². The molecule has 2 amide bonds. The number of benzene rings is 2. The van der Waals surface area contributed by atoms with E-state index in [-0.39, 0.29) is 40.7 Å². The summed E-state index contributed by atoms with van der Waals surface area (Å²) in [5.41, 5.74) is 1.35. The van der Waals surface area contributed by atoms with E-state index < -0.39 is 21.9 Å². The minimum Gasteiger partial charge on any atom is -0.330 e. The maximum atomic E-state index is 13.4. The molecule has 2 fully saturated rings. The fourth-order valence-corrected chi connectivity index (χ4v) is 6.19. The van der Waals surface area contributed by atoms with Gasteiger partial charge in [0.25, 0.3) is 0 Å². The van der Waals surface area contributed by atoms with E-state index in [1.807, 2.05) is 6.92 Å². The van der Waals surface area contributed by atoms with Gasteiger partial charge in [-0.15, -0.1) is 0 Å². The lowest BCUT2D eigenvalue weighted by atomic mass is 9.96. The minimum absolute atomic E-state index is 0.0931. The van der Waals surface area contributed by atoms with Crippen molar-refractivity contribution in [2.45, 2.75) is 43.5 Å². The second kappa shape index (κ2) is 10.0. The van der Waals surface area contributed by atoms with Crippen molar-refractivity contribution in [1.82, 2.24) is 9.21 Å². The van der Waals surface area contributed by atoms with Crippen molar-refractivity contribution >= 4 is 39.1 Å². The third kappa shape index (κ3) is 5.11. The van der Waals surface area contributed by atoms with Gasteiger partial charge in [-0.1, -0.05) is 29.3 Å². The average molecular weight is 508 g/mol. The topological polar surface area (TPSA) is 86.8 Å². The normalized spacial score (nSPS) is 19.9. The van der Waals surface area contributed by atoms with Gasteiger partial charge in [0.05, 0.1) is 9.92 Å². The first-order valence-corrected chi connectivity index (χ1v) is 13.1. The molecule has 0 saturated carbocycles. The molecule has 2 heterocycles. The molecular formula is C24H27ClFN3O4S. The van der Waals surface area contributed by atoms with Gasteiger partial charge in [0, 0.05) is 31.2 Å². The Labute approximate surface area is 203 Å². The van der Waals surface area contributed by atoms with E-state index in [1.165, 1.54) is 22.5 Å². The van der Waals surface area contributed by atoms with Crippen molar-refractivity contribution in [3.63, 3.8) is 0 Å². The lowest BCUT2D eigenvalue weighted by molar-refractivity contribution is -0.141. The number of carbonyl (C=O) groups is 2. The Hall–Kier alpha value is -2.49. The summed E-state index contributed by atoms with van der Waals surface area (Å²) < 4.78 is 40.7. The quantitative estimate of drug-likeness (QED) is 0.666. The monoisotopic (exact) mass is 507 g/mol. The molecule has 7 nitrogen and oxygen atoms in total. The third-order valence-corrected chi connectivity index (χ3v) is 8.69. The van der Waals surface area contributed by atoms with E-state index in [1.54, 1.807) is 29.2 Å². The van der Waals surface area contributed by atoms with E-state index in [2.05, 4.69) is 5.32 Å². The summed E-state index contributed by atoms with van der Waals surface area (Å²) in [5.74, 6) is -1.37. The number of likely N-dealkylation sites (tertiary alicyclic amines) is 1. The van der Waals surface area contributed by atoms with Gasteiger partial charge >= 0.3 is 0 Å². The van der Waals surface area contributed by atoms with Crippen LogP contribution in [0.1, 0.15) is 31.2 Å². The maximum Gasteiger partial charge on any atom is 0.247 e. The number of anilines is 1. The molecule has 1 atom stereocenters. The van der Waals surface area contributed by atoms with Crippen LogP contribution in [0.4, 0.5) is 10.1 Å². The van der Waals surface area contributed by atoms with Crippen LogP contribution in [-0.2, 0) is 19.6 Å². The SMILES string of the molecule is Cc1ccc(S(=O)(=O)N2CCC(C(=O)N3CCC[C@H]3C(=O)Nc3ccc(F)c(Cl)c3)CC2)cc1. The molecule has 2 aliphatic rings. The number of piperidine rings is 1. The first kappa shape index (κ1) is 24.6. The van der Waals surface area contributed by atoms with Crippen LogP contribution in [0.2, 0.25) is 5.02 Å². The molecule has 2 aliphatic heterocycles. The molecule has 0 aromatic heterocycles. The standard InChI is InChI=1S/C24H27ClFN3O4S/c1-16-4-7-19(8-5-16)34(32,33)28-13-10-17(11-14-28)24(31)29-12-2-3-22(29)23(30)27-18-6-9-21(26)20(25)15-18/h4-9,15,17,22H,2-3,10-14H2,1H3,(H,27,30)/t22-/m0/s1. The van der Waals surface area contributed by atoms with Crippen LogP contribution < -0.4 is 5.32 Å². The van der Waals surface area contributed by atoms with E-state index >= 15 is 0 Å². The number of halogens is 2. The molecule has 0 aliphatic carbocycles. The highest BCUT2D eigenvalue weighted by molar-refractivity contribution is 7.89. The molecule has 0 unspecified atom stereocenters. The van der Waals surface area contributed by atoms with E-state index in [0.29, 0.717) is 37.9 Å². The van der Waals surface area contributed by atoms with Crippen LogP contribution >= 0.6 is 11.6 Å². The smallest absolute Gasteiger partial charge is 0.247 e. The van der Waals surface area contributed by atoms with Crippen molar-refractivity contribution in [1.29, 1.82) is 0 Å². The molecular weight excluding hydrogens is 481 g/mol. The van der Waals surface area contributed by atoms with Crippen LogP contribution in [0.15, 0.2) is 47.4 Å². The summed E-state index contributed by atoms with van der Waals surface area (Å²) in [5, 5.41) is 2.62. The van der Waals surface area contributed by atoms with Gasteiger partial charge in [-0.25, -0.2) is 12.8 Å². The fraction of sp³-hybridized carbons (Fsp3) is 0.417.